The molecule has 0 aliphatic carbocycles. The third-order valence-electron chi connectivity index (χ3n) is 4.60. The van der Waals surface area contributed by atoms with Gasteiger partial charge in [-0.3, -0.25) is 9.59 Å². The average Bonchev–Trinajstić information content (AvgIpc) is 3.11. The maximum absolute atomic E-state index is 12.9. The van der Waals surface area contributed by atoms with Crippen molar-refractivity contribution in [2.75, 3.05) is 31.5 Å². The molecule has 2 saturated heterocycles. The van der Waals surface area contributed by atoms with Gasteiger partial charge in [0, 0.05) is 31.9 Å². The first-order valence-electron chi connectivity index (χ1n) is 8.19. The van der Waals surface area contributed by atoms with Crippen molar-refractivity contribution in [3.63, 3.8) is 0 Å². The van der Waals surface area contributed by atoms with Crippen LogP contribution in [0.3, 0.4) is 0 Å². The molecule has 5 nitrogen and oxygen atoms in total. The molecule has 23 heavy (non-hydrogen) atoms. The summed E-state index contributed by atoms with van der Waals surface area (Å²) in [5.41, 5.74) is 0.574. The van der Waals surface area contributed by atoms with E-state index in [2.05, 4.69) is 10.6 Å². The first kappa shape index (κ1) is 15.9. The van der Waals surface area contributed by atoms with E-state index in [1.165, 1.54) is 24.3 Å². The third-order valence-corrected chi connectivity index (χ3v) is 4.60. The van der Waals surface area contributed by atoms with Gasteiger partial charge in [-0.25, -0.2) is 4.39 Å². The number of halogens is 1. The van der Waals surface area contributed by atoms with Gasteiger partial charge in [-0.05, 0) is 43.5 Å². The van der Waals surface area contributed by atoms with Crippen molar-refractivity contribution in [1.29, 1.82) is 0 Å². The van der Waals surface area contributed by atoms with E-state index < -0.39 is 0 Å². The number of anilines is 1. The van der Waals surface area contributed by atoms with Crippen LogP contribution in [0.1, 0.15) is 19.3 Å². The van der Waals surface area contributed by atoms with Gasteiger partial charge in [-0.1, -0.05) is 0 Å². The SMILES string of the molecule is O=C(Nc1ccc(F)cc1)[C@H]1CNC[C@@H](C(=O)N2CCCC2)C1. The highest BCUT2D eigenvalue weighted by Crippen LogP contribution is 2.22. The molecule has 1 aromatic rings. The second-order valence-electron chi connectivity index (χ2n) is 6.32. The Balaban J connectivity index is 1.57. The fourth-order valence-electron chi connectivity index (χ4n) is 3.30. The van der Waals surface area contributed by atoms with Gasteiger partial charge in [0.05, 0.1) is 11.8 Å². The van der Waals surface area contributed by atoms with Crippen LogP contribution in [0.5, 0.6) is 0 Å². The summed E-state index contributed by atoms with van der Waals surface area (Å²) in [4.78, 5) is 26.8. The van der Waals surface area contributed by atoms with Gasteiger partial charge < -0.3 is 15.5 Å². The molecule has 0 unspecified atom stereocenters. The molecule has 0 aromatic heterocycles. The molecule has 0 bridgehead atoms. The van der Waals surface area contributed by atoms with Crippen molar-refractivity contribution in [2.24, 2.45) is 11.8 Å². The summed E-state index contributed by atoms with van der Waals surface area (Å²) in [6.07, 6.45) is 2.70. The molecule has 2 atom stereocenters. The van der Waals surface area contributed by atoms with Crippen LogP contribution < -0.4 is 10.6 Å². The number of rotatable bonds is 3. The first-order valence-corrected chi connectivity index (χ1v) is 8.19. The Morgan fingerprint density at radius 3 is 2.43 bits per heavy atom. The smallest absolute Gasteiger partial charge is 0.228 e. The minimum atomic E-state index is -0.335. The lowest BCUT2D eigenvalue weighted by Gasteiger charge is -2.31. The normalized spacial score (nSPS) is 24.5. The number of piperidine rings is 1. The zero-order valence-electron chi connectivity index (χ0n) is 13.1. The molecule has 2 heterocycles. The van der Waals surface area contributed by atoms with E-state index in [9.17, 15) is 14.0 Å². The number of benzene rings is 1. The Hall–Kier alpha value is -1.95. The number of hydrogen-bond acceptors (Lipinski definition) is 3. The molecule has 2 amide bonds. The van der Waals surface area contributed by atoms with E-state index >= 15 is 0 Å². The fourth-order valence-corrected chi connectivity index (χ4v) is 3.30. The van der Waals surface area contributed by atoms with Crippen LogP contribution in [0.4, 0.5) is 10.1 Å². The molecule has 2 aliphatic rings. The van der Waals surface area contributed by atoms with Gasteiger partial charge in [0.25, 0.3) is 0 Å². The van der Waals surface area contributed by atoms with Gasteiger partial charge in [0.15, 0.2) is 0 Å². The zero-order valence-corrected chi connectivity index (χ0v) is 13.1. The highest BCUT2D eigenvalue weighted by molar-refractivity contribution is 5.93. The third kappa shape index (κ3) is 3.88. The second-order valence-corrected chi connectivity index (χ2v) is 6.32. The van der Waals surface area contributed by atoms with Crippen molar-refractivity contribution in [2.45, 2.75) is 19.3 Å². The topological polar surface area (TPSA) is 61.4 Å². The van der Waals surface area contributed by atoms with E-state index in [1.807, 2.05) is 4.90 Å². The highest BCUT2D eigenvalue weighted by atomic mass is 19.1. The van der Waals surface area contributed by atoms with Gasteiger partial charge in [0.1, 0.15) is 5.82 Å². The molecule has 1 aromatic carbocycles. The fraction of sp³-hybridized carbons (Fsp3) is 0.529. The largest absolute Gasteiger partial charge is 0.342 e. The number of nitrogens with zero attached hydrogens (tertiary/aromatic N) is 1. The lowest BCUT2D eigenvalue weighted by atomic mass is 9.89. The molecule has 6 heteroatoms. The summed E-state index contributed by atoms with van der Waals surface area (Å²) in [7, 11) is 0. The van der Waals surface area contributed by atoms with Gasteiger partial charge in [-0.15, -0.1) is 0 Å². The minimum absolute atomic E-state index is 0.122. The Bertz CT molecular complexity index is 570. The van der Waals surface area contributed by atoms with Crippen molar-refractivity contribution in [3.05, 3.63) is 30.1 Å². The predicted octanol–water partition coefficient (Wildman–Crippen LogP) is 1.61. The van der Waals surface area contributed by atoms with Crippen LogP contribution in [0.15, 0.2) is 24.3 Å². The Labute approximate surface area is 135 Å². The van der Waals surface area contributed by atoms with Crippen molar-refractivity contribution in [3.8, 4) is 0 Å². The second kappa shape index (κ2) is 7.08. The van der Waals surface area contributed by atoms with Crippen molar-refractivity contribution >= 4 is 17.5 Å². The minimum Gasteiger partial charge on any atom is -0.342 e. The number of likely N-dealkylation sites (tertiary alicyclic amines) is 1. The summed E-state index contributed by atoms with van der Waals surface area (Å²) in [5, 5.41) is 5.99. The first-order chi connectivity index (χ1) is 11.1. The number of amides is 2. The molecule has 0 saturated carbocycles. The molecule has 0 spiro atoms. The van der Waals surface area contributed by atoms with Crippen LogP contribution in [0.2, 0.25) is 0 Å². The van der Waals surface area contributed by atoms with Crippen LogP contribution in [0.25, 0.3) is 0 Å². The Kier molecular flexibility index (Phi) is 4.91. The molecular weight excluding hydrogens is 297 g/mol. The molecule has 0 radical (unpaired) electrons. The average molecular weight is 319 g/mol. The lowest BCUT2D eigenvalue weighted by molar-refractivity contribution is -0.136. The number of carbonyl (C=O) groups excluding carboxylic acids is 2. The van der Waals surface area contributed by atoms with Crippen LogP contribution in [-0.4, -0.2) is 42.9 Å². The molecule has 2 N–H and O–H groups in total. The number of carbonyl (C=O) groups is 2. The van der Waals surface area contributed by atoms with E-state index in [0.717, 1.165) is 25.9 Å². The summed E-state index contributed by atoms with van der Waals surface area (Å²) in [5.74, 6) is -0.674. The van der Waals surface area contributed by atoms with Crippen molar-refractivity contribution in [1.82, 2.24) is 10.2 Å². The van der Waals surface area contributed by atoms with Gasteiger partial charge >= 0.3 is 0 Å². The summed E-state index contributed by atoms with van der Waals surface area (Å²) < 4.78 is 12.9. The van der Waals surface area contributed by atoms with Crippen LogP contribution in [0, 0.1) is 17.7 Å². The summed E-state index contributed by atoms with van der Waals surface area (Å²) in [6.45, 7) is 2.87. The maximum Gasteiger partial charge on any atom is 0.228 e. The summed E-state index contributed by atoms with van der Waals surface area (Å²) >= 11 is 0. The van der Waals surface area contributed by atoms with E-state index in [-0.39, 0.29) is 29.5 Å². The molecule has 124 valence electrons. The standard InChI is InChI=1S/C17H22FN3O2/c18-14-3-5-15(6-4-14)20-16(22)12-9-13(11-19-10-12)17(23)21-7-1-2-8-21/h3-6,12-13,19H,1-2,7-11H2,(H,20,22)/t12-,13+/m1/s1. The Morgan fingerprint density at radius 1 is 1.09 bits per heavy atom. The maximum atomic E-state index is 12.9. The molecular formula is C17H22FN3O2. The van der Waals surface area contributed by atoms with Crippen LogP contribution in [-0.2, 0) is 9.59 Å². The molecule has 2 fully saturated rings. The highest BCUT2D eigenvalue weighted by Gasteiger charge is 2.34. The van der Waals surface area contributed by atoms with Gasteiger partial charge in [-0.2, -0.15) is 0 Å². The van der Waals surface area contributed by atoms with Crippen molar-refractivity contribution < 1.29 is 14.0 Å². The Morgan fingerprint density at radius 2 is 1.74 bits per heavy atom. The quantitative estimate of drug-likeness (QED) is 0.890. The monoisotopic (exact) mass is 319 g/mol. The van der Waals surface area contributed by atoms with Gasteiger partial charge in [0.2, 0.25) is 11.8 Å². The number of hydrogen-bond donors (Lipinski definition) is 2. The van der Waals surface area contributed by atoms with Crippen LogP contribution >= 0.6 is 0 Å². The van der Waals surface area contributed by atoms with E-state index in [0.29, 0.717) is 25.2 Å². The molecule has 2 aliphatic heterocycles. The zero-order chi connectivity index (χ0) is 16.2. The lowest BCUT2D eigenvalue weighted by Crippen LogP contribution is -2.47. The van der Waals surface area contributed by atoms with E-state index in [1.54, 1.807) is 0 Å². The molecule has 3 rings (SSSR count). The van der Waals surface area contributed by atoms with E-state index in [4.69, 9.17) is 0 Å². The summed E-state index contributed by atoms with van der Waals surface area (Å²) in [6, 6.07) is 5.70. The predicted molar refractivity (Wildman–Crippen MR) is 85.3 cm³/mol. The number of nitrogens with one attached hydrogen (secondary N) is 2.